The van der Waals surface area contributed by atoms with Crippen LogP contribution in [-0.2, 0) is 14.3 Å². The van der Waals surface area contributed by atoms with Crippen LogP contribution in [0.25, 0.3) is 11.1 Å². The average Bonchev–Trinajstić information content (AvgIpc) is 3.00. The molecule has 3 rings (SSSR count). The summed E-state index contributed by atoms with van der Waals surface area (Å²) in [5.41, 5.74) is 4.11. The van der Waals surface area contributed by atoms with Crippen molar-refractivity contribution in [3.05, 3.63) is 48.0 Å². The van der Waals surface area contributed by atoms with Crippen LogP contribution < -0.4 is 5.43 Å². The summed E-state index contributed by atoms with van der Waals surface area (Å²) in [7, 11) is 0. The maximum absolute atomic E-state index is 12.5. The number of aromatic hydroxyl groups is 1. The summed E-state index contributed by atoms with van der Waals surface area (Å²) in [6, 6.07) is 11.0. The van der Waals surface area contributed by atoms with Crippen LogP contribution in [0.5, 0.6) is 5.75 Å². The number of carboxylic acids is 1. The summed E-state index contributed by atoms with van der Waals surface area (Å²) >= 11 is 0. The largest absolute Gasteiger partial charge is 0.505 e. The number of para-hydroxylation sites is 1. The van der Waals surface area contributed by atoms with Gasteiger partial charge >= 0.3 is 11.9 Å². The van der Waals surface area contributed by atoms with Crippen LogP contribution in [0.15, 0.2) is 52.7 Å². The summed E-state index contributed by atoms with van der Waals surface area (Å²) in [4.78, 5) is 35.3. The number of anilines is 1. The maximum Gasteiger partial charge on any atom is 0.335 e. The Kier molecular flexibility index (Phi) is 6.29. The van der Waals surface area contributed by atoms with Crippen molar-refractivity contribution >= 4 is 35.0 Å². The number of nitrogens with zero attached hydrogens (tertiary/aromatic N) is 3. The molecule has 3 N–H and O–H groups in total. The van der Waals surface area contributed by atoms with Gasteiger partial charge in [0.05, 0.1) is 23.6 Å². The zero-order valence-corrected chi connectivity index (χ0v) is 16.8. The third-order valence-electron chi connectivity index (χ3n) is 4.38. The number of carbonyl (C=O) groups excluding carboxylic acids is 2. The second-order valence-corrected chi connectivity index (χ2v) is 6.51. The minimum Gasteiger partial charge on any atom is -0.505 e. The van der Waals surface area contributed by atoms with Crippen LogP contribution in [0.1, 0.15) is 24.2 Å². The van der Waals surface area contributed by atoms with Gasteiger partial charge in [-0.15, -0.1) is 0 Å². The van der Waals surface area contributed by atoms with E-state index in [4.69, 9.17) is 4.74 Å². The number of esters is 1. The van der Waals surface area contributed by atoms with Gasteiger partial charge in [-0.3, -0.25) is 15.0 Å². The lowest BCUT2D eigenvalue weighted by molar-refractivity contribution is -0.147. The quantitative estimate of drug-likeness (QED) is 0.352. The van der Waals surface area contributed by atoms with E-state index in [9.17, 15) is 24.6 Å². The summed E-state index contributed by atoms with van der Waals surface area (Å²) in [6.45, 7) is 3.09. The number of hydrogen-bond donors (Lipinski definition) is 3. The summed E-state index contributed by atoms with van der Waals surface area (Å²) in [5.74, 6) is -2.42. The van der Waals surface area contributed by atoms with Gasteiger partial charge in [-0.05, 0) is 37.6 Å². The second kappa shape index (κ2) is 9.08. The first-order chi connectivity index (χ1) is 14.8. The van der Waals surface area contributed by atoms with E-state index >= 15 is 0 Å². The molecule has 31 heavy (non-hydrogen) atoms. The van der Waals surface area contributed by atoms with Gasteiger partial charge in [0.1, 0.15) is 12.3 Å². The van der Waals surface area contributed by atoms with E-state index in [1.165, 1.54) is 12.1 Å². The lowest BCUT2D eigenvalue weighted by atomic mass is 10.0. The molecule has 0 saturated carbocycles. The smallest absolute Gasteiger partial charge is 0.335 e. The molecular formula is C21H20N4O6. The zero-order valence-electron chi connectivity index (χ0n) is 16.8. The van der Waals surface area contributed by atoms with E-state index in [0.717, 1.165) is 5.01 Å². The number of phenols is 1. The molecule has 0 saturated heterocycles. The van der Waals surface area contributed by atoms with E-state index in [1.807, 2.05) is 0 Å². The highest BCUT2D eigenvalue weighted by molar-refractivity contribution is 6.68. The molecule has 1 amide bonds. The number of hydrazone groups is 2. The molecule has 1 aliphatic rings. The highest BCUT2D eigenvalue weighted by atomic mass is 16.5. The molecule has 10 heteroatoms. The van der Waals surface area contributed by atoms with Crippen molar-refractivity contribution in [3.8, 4) is 16.9 Å². The first kappa shape index (κ1) is 21.5. The average molecular weight is 424 g/mol. The molecular weight excluding hydrogens is 404 g/mol. The molecule has 0 atom stereocenters. The Hall–Kier alpha value is -4.21. The van der Waals surface area contributed by atoms with Crippen LogP contribution >= 0.6 is 0 Å². The molecule has 2 aromatic rings. The van der Waals surface area contributed by atoms with Crippen LogP contribution in [0.4, 0.5) is 5.69 Å². The lowest BCUT2D eigenvalue weighted by Gasteiger charge is -2.11. The Morgan fingerprint density at radius 3 is 2.68 bits per heavy atom. The Morgan fingerprint density at radius 2 is 1.97 bits per heavy atom. The fourth-order valence-electron chi connectivity index (χ4n) is 2.92. The predicted molar refractivity (Wildman–Crippen MR) is 113 cm³/mol. The third-order valence-corrected chi connectivity index (χ3v) is 4.38. The van der Waals surface area contributed by atoms with E-state index < -0.39 is 17.8 Å². The van der Waals surface area contributed by atoms with Gasteiger partial charge in [0.2, 0.25) is 0 Å². The van der Waals surface area contributed by atoms with Gasteiger partial charge in [-0.1, -0.05) is 24.3 Å². The number of phenolic OH excluding ortho intramolecular Hbond substituents is 1. The van der Waals surface area contributed by atoms with Crippen molar-refractivity contribution in [1.82, 2.24) is 5.01 Å². The molecule has 10 nitrogen and oxygen atoms in total. The zero-order chi connectivity index (χ0) is 22.5. The first-order valence-corrected chi connectivity index (χ1v) is 9.34. The highest BCUT2D eigenvalue weighted by Crippen LogP contribution is 2.35. The second-order valence-electron chi connectivity index (χ2n) is 6.51. The predicted octanol–water partition coefficient (Wildman–Crippen LogP) is 2.31. The Labute approximate surface area is 177 Å². The van der Waals surface area contributed by atoms with Crippen molar-refractivity contribution in [3.63, 3.8) is 0 Å². The van der Waals surface area contributed by atoms with E-state index in [2.05, 4.69) is 15.6 Å². The van der Waals surface area contributed by atoms with Gasteiger partial charge in [0.25, 0.3) is 5.91 Å². The van der Waals surface area contributed by atoms with Crippen LogP contribution in [-0.4, -0.2) is 57.6 Å². The molecule has 160 valence electrons. The lowest BCUT2D eigenvalue weighted by Crippen LogP contribution is -2.33. The molecule has 0 fully saturated rings. The van der Waals surface area contributed by atoms with Gasteiger partial charge in [-0.25, -0.2) is 9.80 Å². The summed E-state index contributed by atoms with van der Waals surface area (Å²) in [6.07, 6.45) is 0. The van der Waals surface area contributed by atoms with Gasteiger partial charge in [0.15, 0.2) is 5.71 Å². The Morgan fingerprint density at radius 1 is 1.23 bits per heavy atom. The number of carboxylic acid groups (broad SMARTS) is 1. The number of aromatic carboxylic acids is 1. The standard InChI is InChI=1S/C21H20N4O6/c1-3-31-17(26)11-25-20(28)18(12(2)24-25)23-22-16-9-5-8-15(19(16)27)13-6-4-7-14(10-13)21(29)30/h4-10,22,27H,3,11H2,1-2H3,(H,29,30)/b23-18-. The molecule has 0 unspecified atom stereocenters. The van der Waals surface area contributed by atoms with Crippen molar-refractivity contribution < 1.29 is 29.3 Å². The van der Waals surface area contributed by atoms with Gasteiger partial charge < -0.3 is 14.9 Å². The van der Waals surface area contributed by atoms with Crippen molar-refractivity contribution in [2.45, 2.75) is 13.8 Å². The first-order valence-electron chi connectivity index (χ1n) is 9.34. The minimum absolute atomic E-state index is 0.0121. The fraction of sp³-hybridized carbons (Fsp3) is 0.190. The number of nitrogens with one attached hydrogen (secondary N) is 1. The Balaban J connectivity index is 1.82. The van der Waals surface area contributed by atoms with Crippen LogP contribution in [0.2, 0.25) is 0 Å². The number of amides is 1. The van der Waals surface area contributed by atoms with Crippen LogP contribution in [0.3, 0.4) is 0 Å². The highest BCUT2D eigenvalue weighted by Gasteiger charge is 2.31. The molecule has 0 radical (unpaired) electrons. The van der Waals surface area contributed by atoms with Crippen molar-refractivity contribution in [2.75, 3.05) is 18.6 Å². The van der Waals surface area contributed by atoms with Gasteiger partial charge in [-0.2, -0.15) is 10.2 Å². The Bertz CT molecular complexity index is 1110. The molecule has 0 aromatic heterocycles. The summed E-state index contributed by atoms with van der Waals surface area (Å²) in [5, 5.41) is 28.8. The number of hydrogen-bond acceptors (Lipinski definition) is 8. The number of benzene rings is 2. The molecule has 0 aliphatic carbocycles. The fourth-order valence-corrected chi connectivity index (χ4v) is 2.92. The third kappa shape index (κ3) is 4.69. The van der Waals surface area contributed by atoms with E-state index in [1.54, 1.807) is 44.2 Å². The normalized spacial score (nSPS) is 14.5. The molecule has 1 heterocycles. The molecule has 1 aliphatic heterocycles. The maximum atomic E-state index is 12.5. The molecule has 0 bridgehead atoms. The van der Waals surface area contributed by atoms with E-state index in [0.29, 0.717) is 16.8 Å². The minimum atomic E-state index is -1.08. The van der Waals surface area contributed by atoms with Gasteiger partial charge in [0, 0.05) is 5.56 Å². The van der Waals surface area contributed by atoms with Crippen molar-refractivity contribution in [2.24, 2.45) is 10.2 Å². The van der Waals surface area contributed by atoms with Crippen LogP contribution in [0, 0.1) is 0 Å². The number of carbonyl (C=O) groups is 3. The van der Waals surface area contributed by atoms with E-state index in [-0.39, 0.29) is 35.9 Å². The molecule has 2 aromatic carbocycles. The number of rotatable bonds is 7. The monoisotopic (exact) mass is 424 g/mol. The summed E-state index contributed by atoms with van der Waals surface area (Å²) < 4.78 is 4.82. The molecule has 0 spiro atoms. The topological polar surface area (TPSA) is 141 Å². The SMILES string of the molecule is CCOC(=O)CN1N=C(C)/C(=N/Nc2cccc(-c3cccc(C(=O)O)c3)c2O)C1=O. The number of ether oxygens (including phenoxy) is 1. The van der Waals surface area contributed by atoms with Crippen molar-refractivity contribution in [1.29, 1.82) is 0 Å².